The molecule has 1 aliphatic carbocycles. The number of rotatable bonds is 5. The smallest absolute Gasteiger partial charge is 0.0656 e. The number of fused-ring (bicyclic) bond motifs is 1. The lowest BCUT2D eigenvalue weighted by molar-refractivity contribution is 0.754. The number of hydrogen-bond donors (Lipinski definition) is 0. The maximum Gasteiger partial charge on any atom is 0.0776 e. The number of allylic oxidation sites excluding steroid dienone is 1. The van der Waals surface area contributed by atoms with Crippen LogP contribution in [-0.4, -0.2) is 16.1 Å². The fraction of sp³-hybridized carbons (Fsp3) is 0.481. The lowest BCUT2D eigenvalue weighted by atomic mass is 9.87. The maximum atomic E-state index is 2.55. The van der Waals surface area contributed by atoms with Crippen molar-refractivity contribution in [2.45, 2.75) is 79.3 Å². The van der Waals surface area contributed by atoms with E-state index in [1.54, 1.807) is 15.9 Å². The first-order chi connectivity index (χ1) is 13.3. The summed E-state index contributed by atoms with van der Waals surface area (Å²) in [6.45, 7) is 24.2. The summed E-state index contributed by atoms with van der Waals surface area (Å²) < 4.78 is 0. The lowest BCUT2D eigenvalue weighted by Crippen LogP contribution is -2.45. The normalized spacial score (nSPS) is 14.6. The second-order valence-electron chi connectivity index (χ2n) is 11.6. The highest BCUT2D eigenvalue weighted by Crippen LogP contribution is 2.40. The maximum absolute atomic E-state index is 2.55. The van der Waals surface area contributed by atoms with Crippen LogP contribution in [0.15, 0.2) is 35.9 Å². The van der Waals surface area contributed by atoms with Gasteiger partial charge < -0.3 is 0 Å². The molecule has 0 saturated heterocycles. The van der Waals surface area contributed by atoms with Crippen molar-refractivity contribution in [3.05, 3.63) is 52.6 Å². The largest absolute Gasteiger partial charge is 0.0776 e. The summed E-state index contributed by atoms with van der Waals surface area (Å²) in [5.41, 5.74) is 9.06. The Morgan fingerprint density at radius 3 is 1.72 bits per heavy atom. The number of benzene rings is 2. The van der Waals surface area contributed by atoms with Crippen molar-refractivity contribution in [2.75, 3.05) is 0 Å². The highest BCUT2D eigenvalue weighted by atomic mass is 28.3. The van der Waals surface area contributed by atoms with Gasteiger partial charge in [0.25, 0.3) is 0 Å². The van der Waals surface area contributed by atoms with E-state index in [0.29, 0.717) is 11.8 Å². The SMILES string of the molecule is CC(C)C1=Cc2c(ccc(C(C)C)c2-c2cc([Si](C)(C)C)cc([Si](C)(C)C)c2)C1. The van der Waals surface area contributed by atoms with Crippen molar-refractivity contribution in [1.29, 1.82) is 0 Å². The highest BCUT2D eigenvalue weighted by Gasteiger charge is 2.26. The molecule has 0 unspecified atom stereocenters. The van der Waals surface area contributed by atoms with Gasteiger partial charge in [-0.15, -0.1) is 0 Å². The highest BCUT2D eigenvalue weighted by molar-refractivity contribution is 6.91. The second kappa shape index (κ2) is 7.70. The second-order valence-corrected chi connectivity index (χ2v) is 21.8. The summed E-state index contributed by atoms with van der Waals surface area (Å²) in [6, 6.07) is 12.4. The van der Waals surface area contributed by atoms with Crippen molar-refractivity contribution in [3.8, 4) is 11.1 Å². The molecule has 1 aliphatic rings. The van der Waals surface area contributed by atoms with Crippen LogP contribution in [0.4, 0.5) is 0 Å². The molecule has 0 saturated carbocycles. The molecule has 0 amide bonds. The van der Waals surface area contributed by atoms with Gasteiger partial charge in [-0.2, -0.15) is 0 Å². The molecule has 0 atom stereocenters. The van der Waals surface area contributed by atoms with E-state index in [9.17, 15) is 0 Å². The summed E-state index contributed by atoms with van der Waals surface area (Å²) in [5.74, 6) is 1.14. The summed E-state index contributed by atoms with van der Waals surface area (Å²) in [4.78, 5) is 0. The minimum atomic E-state index is -1.40. The van der Waals surface area contributed by atoms with Gasteiger partial charge in [-0.25, -0.2) is 0 Å². The van der Waals surface area contributed by atoms with Crippen LogP contribution >= 0.6 is 0 Å². The van der Waals surface area contributed by atoms with Gasteiger partial charge in [0.1, 0.15) is 0 Å². The molecule has 2 aromatic rings. The fourth-order valence-electron chi connectivity index (χ4n) is 4.27. The zero-order valence-corrected chi connectivity index (χ0v) is 22.3. The van der Waals surface area contributed by atoms with Crippen molar-refractivity contribution in [1.82, 2.24) is 0 Å². The molecule has 0 heterocycles. The molecule has 0 aromatic heterocycles. The molecule has 3 rings (SSSR count). The molecule has 0 bridgehead atoms. The van der Waals surface area contributed by atoms with Gasteiger partial charge in [0, 0.05) is 0 Å². The van der Waals surface area contributed by atoms with Gasteiger partial charge in [0.05, 0.1) is 16.1 Å². The quantitative estimate of drug-likeness (QED) is 0.450. The monoisotopic (exact) mass is 420 g/mol. The average Bonchev–Trinajstić information content (AvgIpc) is 3.03. The van der Waals surface area contributed by atoms with Gasteiger partial charge in [0.2, 0.25) is 0 Å². The van der Waals surface area contributed by atoms with Crippen molar-refractivity contribution in [2.24, 2.45) is 5.92 Å². The van der Waals surface area contributed by atoms with Crippen LogP contribution in [0, 0.1) is 5.92 Å². The lowest BCUT2D eigenvalue weighted by Gasteiger charge is -2.26. The first-order valence-electron chi connectivity index (χ1n) is 11.3. The van der Waals surface area contributed by atoms with E-state index in [1.165, 1.54) is 27.8 Å². The summed E-state index contributed by atoms with van der Waals surface area (Å²) in [7, 11) is -2.80. The van der Waals surface area contributed by atoms with Gasteiger partial charge in [0.15, 0.2) is 0 Å². The molecular formula is C27H40Si2. The molecule has 2 heteroatoms. The number of hydrogen-bond acceptors (Lipinski definition) is 0. The third-order valence-corrected chi connectivity index (χ3v) is 10.5. The summed E-state index contributed by atoms with van der Waals surface area (Å²) in [6.07, 6.45) is 3.63. The summed E-state index contributed by atoms with van der Waals surface area (Å²) >= 11 is 0. The van der Waals surface area contributed by atoms with Gasteiger partial charge in [-0.05, 0) is 46.1 Å². The topological polar surface area (TPSA) is 0 Å². The molecule has 0 fully saturated rings. The molecular weight excluding hydrogens is 380 g/mol. The van der Waals surface area contributed by atoms with E-state index < -0.39 is 16.1 Å². The molecule has 0 N–H and O–H groups in total. The van der Waals surface area contributed by atoms with Crippen LogP contribution in [-0.2, 0) is 6.42 Å². The van der Waals surface area contributed by atoms with Crippen molar-refractivity contribution in [3.63, 3.8) is 0 Å². The van der Waals surface area contributed by atoms with Crippen LogP contribution in [0.1, 0.15) is 50.3 Å². The Kier molecular flexibility index (Phi) is 5.92. The van der Waals surface area contributed by atoms with Crippen LogP contribution in [0.5, 0.6) is 0 Å². The third-order valence-electron chi connectivity index (χ3n) is 6.41. The molecule has 0 spiro atoms. The average molecular weight is 421 g/mol. The van der Waals surface area contributed by atoms with E-state index >= 15 is 0 Å². The van der Waals surface area contributed by atoms with E-state index in [4.69, 9.17) is 0 Å². The zero-order valence-electron chi connectivity index (χ0n) is 20.3. The Hall–Kier alpha value is -1.39. The van der Waals surface area contributed by atoms with Crippen LogP contribution < -0.4 is 10.4 Å². The van der Waals surface area contributed by atoms with E-state index in [2.05, 4.69) is 103 Å². The van der Waals surface area contributed by atoms with E-state index in [0.717, 1.165) is 6.42 Å². The van der Waals surface area contributed by atoms with Gasteiger partial charge in [-0.3, -0.25) is 0 Å². The third kappa shape index (κ3) is 4.54. The Morgan fingerprint density at radius 2 is 1.28 bits per heavy atom. The molecule has 0 radical (unpaired) electrons. The predicted octanol–water partition coefficient (Wildman–Crippen LogP) is 7.16. The van der Waals surface area contributed by atoms with Crippen molar-refractivity contribution < 1.29 is 0 Å². The standard InChI is InChI=1S/C27H40Si2/c1-18(2)21-13-20-11-12-25(19(3)4)27(26(20)16-21)22-14-23(28(5,6)7)17-24(15-22)29(8,9)10/h11-12,14-19H,13H2,1-10H3. The molecule has 0 aliphatic heterocycles. The Morgan fingerprint density at radius 1 is 0.724 bits per heavy atom. The first kappa shape index (κ1) is 22.3. The Bertz CT molecular complexity index is 915. The van der Waals surface area contributed by atoms with Gasteiger partial charge >= 0.3 is 0 Å². The Labute approximate surface area is 181 Å². The molecule has 29 heavy (non-hydrogen) atoms. The summed E-state index contributed by atoms with van der Waals surface area (Å²) in [5, 5.41) is 3.21. The first-order valence-corrected chi connectivity index (χ1v) is 18.3. The molecule has 2 aromatic carbocycles. The zero-order chi connectivity index (χ0) is 21.7. The fourth-order valence-corrected chi connectivity index (χ4v) is 6.77. The predicted molar refractivity (Wildman–Crippen MR) is 138 cm³/mol. The van der Waals surface area contributed by atoms with Crippen LogP contribution in [0.2, 0.25) is 39.3 Å². The molecule has 156 valence electrons. The van der Waals surface area contributed by atoms with E-state index in [-0.39, 0.29) is 0 Å². The molecule has 0 nitrogen and oxygen atoms in total. The van der Waals surface area contributed by atoms with Crippen LogP contribution in [0.25, 0.3) is 17.2 Å². The Balaban J connectivity index is 2.35. The van der Waals surface area contributed by atoms with E-state index in [1.807, 2.05) is 0 Å². The minimum Gasteiger partial charge on any atom is -0.0656 e. The van der Waals surface area contributed by atoms with Crippen molar-refractivity contribution >= 4 is 32.6 Å². The minimum absolute atomic E-state index is 0.526. The van der Waals surface area contributed by atoms with Crippen LogP contribution in [0.3, 0.4) is 0 Å². The van der Waals surface area contributed by atoms with Gasteiger partial charge in [-0.1, -0.05) is 119 Å².